The van der Waals surface area contributed by atoms with Crippen molar-refractivity contribution in [1.29, 1.82) is 0 Å². The van der Waals surface area contributed by atoms with Crippen molar-refractivity contribution < 1.29 is 9.59 Å². The smallest absolute Gasteiger partial charge is 0.268 e. The molecule has 0 bridgehead atoms. The standard InChI is InChI=1S/C12H20N4O2/c1-4-16-6-8(13)5-9(16)10(17)15-7-12(2,3)11(14)18/h5-6H,4,7,13H2,1-3H3,(H2,14,18)(H,15,17). The Bertz CT molecular complexity index is 463. The van der Waals surface area contributed by atoms with Crippen molar-refractivity contribution in [2.45, 2.75) is 27.3 Å². The van der Waals surface area contributed by atoms with Gasteiger partial charge in [-0.3, -0.25) is 9.59 Å². The third-order valence-electron chi connectivity index (χ3n) is 2.85. The van der Waals surface area contributed by atoms with Gasteiger partial charge in [-0.15, -0.1) is 0 Å². The van der Waals surface area contributed by atoms with Gasteiger partial charge in [-0.25, -0.2) is 0 Å². The lowest BCUT2D eigenvalue weighted by molar-refractivity contribution is -0.125. The normalized spacial score (nSPS) is 11.3. The van der Waals surface area contributed by atoms with E-state index in [0.717, 1.165) is 0 Å². The fraction of sp³-hybridized carbons (Fsp3) is 0.500. The third-order valence-corrected chi connectivity index (χ3v) is 2.85. The van der Waals surface area contributed by atoms with Crippen molar-refractivity contribution in [3.63, 3.8) is 0 Å². The number of carbonyl (C=O) groups excluding carboxylic acids is 2. The number of anilines is 1. The predicted molar refractivity (Wildman–Crippen MR) is 69.8 cm³/mol. The number of aromatic nitrogens is 1. The number of amides is 2. The SMILES string of the molecule is CCn1cc(N)cc1C(=O)NCC(C)(C)C(N)=O. The minimum Gasteiger partial charge on any atom is -0.397 e. The Labute approximate surface area is 106 Å². The first-order valence-electron chi connectivity index (χ1n) is 5.81. The van der Waals surface area contributed by atoms with E-state index in [2.05, 4.69) is 5.32 Å². The molecule has 1 aromatic heterocycles. The second kappa shape index (κ2) is 5.12. The molecule has 2 amide bonds. The number of carbonyl (C=O) groups is 2. The van der Waals surface area contributed by atoms with Crippen LogP contribution in [-0.4, -0.2) is 22.9 Å². The molecule has 1 aromatic rings. The highest BCUT2D eigenvalue weighted by molar-refractivity contribution is 5.94. The largest absolute Gasteiger partial charge is 0.397 e. The molecule has 0 aliphatic carbocycles. The molecule has 0 saturated heterocycles. The van der Waals surface area contributed by atoms with E-state index in [-0.39, 0.29) is 12.5 Å². The van der Waals surface area contributed by atoms with Crippen LogP contribution in [0.3, 0.4) is 0 Å². The summed E-state index contributed by atoms with van der Waals surface area (Å²) >= 11 is 0. The lowest BCUT2D eigenvalue weighted by Gasteiger charge is -2.20. The summed E-state index contributed by atoms with van der Waals surface area (Å²) in [5, 5.41) is 2.69. The van der Waals surface area contributed by atoms with Gasteiger partial charge in [0.05, 0.1) is 11.1 Å². The van der Waals surface area contributed by atoms with Crippen molar-refractivity contribution in [2.24, 2.45) is 11.1 Å². The highest BCUT2D eigenvalue weighted by Gasteiger charge is 2.26. The Hall–Kier alpha value is -1.98. The van der Waals surface area contributed by atoms with Gasteiger partial charge < -0.3 is 21.4 Å². The van der Waals surface area contributed by atoms with Gasteiger partial charge in [0, 0.05) is 19.3 Å². The van der Waals surface area contributed by atoms with Crippen LogP contribution in [0.1, 0.15) is 31.3 Å². The van der Waals surface area contributed by atoms with Crippen molar-refractivity contribution in [1.82, 2.24) is 9.88 Å². The lowest BCUT2D eigenvalue weighted by Crippen LogP contribution is -2.42. The van der Waals surface area contributed by atoms with Crippen LogP contribution in [0.5, 0.6) is 0 Å². The van der Waals surface area contributed by atoms with E-state index in [1.165, 1.54) is 0 Å². The summed E-state index contributed by atoms with van der Waals surface area (Å²) in [7, 11) is 0. The van der Waals surface area contributed by atoms with Crippen LogP contribution in [0.4, 0.5) is 5.69 Å². The highest BCUT2D eigenvalue weighted by Crippen LogP contribution is 2.14. The van der Waals surface area contributed by atoms with Crippen LogP contribution < -0.4 is 16.8 Å². The first-order chi connectivity index (χ1) is 8.27. The summed E-state index contributed by atoms with van der Waals surface area (Å²) in [6, 6.07) is 1.61. The van der Waals surface area contributed by atoms with E-state index in [1.807, 2.05) is 6.92 Å². The van der Waals surface area contributed by atoms with Gasteiger partial charge in [-0.2, -0.15) is 0 Å². The summed E-state index contributed by atoms with van der Waals surface area (Å²) in [5.74, 6) is -0.712. The van der Waals surface area contributed by atoms with E-state index in [9.17, 15) is 9.59 Å². The summed E-state index contributed by atoms with van der Waals surface area (Å²) in [6.45, 7) is 6.13. The molecule has 5 N–H and O–H groups in total. The van der Waals surface area contributed by atoms with Crippen LogP contribution in [0.2, 0.25) is 0 Å². The van der Waals surface area contributed by atoms with E-state index >= 15 is 0 Å². The number of hydrogen-bond donors (Lipinski definition) is 3. The molecule has 0 atom stereocenters. The molecule has 0 radical (unpaired) electrons. The molecule has 18 heavy (non-hydrogen) atoms. The molecule has 6 nitrogen and oxygen atoms in total. The van der Waals surface area contributed by atoms with Crippen LogP contribution in [0.15, 0.2) is 12.3 Å². The van der Waals surface area contributed by atoms with Crippen LogP contribution in [0.25, 0.3) is 0 Å². The summed E-state index contributed by atoms with van der Waals surface area (Å²) in [6.07, 6.45) is 1.70. The monoisotopic (exact) mass is 252 g/mol. The molecular weight excluding hydrogens is 232 g/mol. The Morgan fingerprint density at radius 1 is 1.44 bits per heavy atom. The van der Waals surface area contributed by atoms with Gasteiger partial charge in [0.15, 0.2) is 0 Å². The van der Waals surface area contributed by atoms with E-state index in [4.69, 9.17) is 11.5 Å². The van der Waals surface area contributed by atoms with Crippen LogP contribution >= 0.6 is 0 Å². The average molecular weight is 252 g/mol. The van der Waals surface area contributed by atoms with Crippen molar-refractivity contribution in [3.05, 3.63) is 18.0 Å². The number of primary amides is 1. The minimum atomic E-state index is -0.773. The molecule has 100 valence electrons. The highest BCUT2D eigenvalue weighted by atomic mass is 16.2. The van der Waals surface area contributed by atoms with Gasteiger partial charge in [0.2, 0.25) is 5.91 Å². The van der Waals surface area contributed by atoms with Gasteiger partial charge in [-0.1, -0.05) is 0 Å². The second-order valence-corrected chi connectivity index (χ2v) is 4.88. The van der Waals surface area contributed by atoms with Crippen LogP contribution in [-0.2, 0) is 11.3 Å². The zero-order chi connectivity index (χ0) is 13.9. The number of nitrogens with two attached hydrogens (primary N) is 2. The van der Waals surface area contributed by atoms with Gasteiger partial charge >= 0.3 is 0 Å². The molecule has 1 rings (SSSR count). The first kappa shape index (κ1) is 14.1. The average Bonchev–Trinajstić information content (AvgIpc) is 2.67. The number of nitrogens with one attached hydrogen (secondary N) is 1. The number of nitrogens with zero attached hydrogens (tertiary/aromatic N) is 1. The van der Waals surface area contributed by atoms with E-state index in [1.54, 1.807) is 30.7 Å². The van der Waals surface area contributed by atoms with Gasteiger partial charge in [-0.05, 0) is 26.8 Å². The molecule has 1 heterocycles. The maximum absolute atomic E-state index is 12.0. The fourth-order valence-corrected chi connectivity index (χ4v) is 1.46. The predicted octanol–water partition coefficient (Wildman–Crippen LogP) is 0.332. The number of aryl methyl sites for hydroxylation is 1. The third kappa shape index (κ3) is 3.03. The van der Waals surface area contributed by atoms with Gasteiger partial charge in [0.25, 0.3) is 5.91 Å². The molecule has 6 heteroatoms. The quantitative estimate of drug-likeness (QED) is 0.703. The molecule has 0 aromatic carbocycles. The Morgan fingerprint density at radius 3 is 2.56 bits per heavy atom. The number of hydrogen-bond acceptors (Lipinski definition) is 3. The molecule has 0 spiro atoms. The van der Waals surface area contributed by atoms with Gasteiger partial charge in [0.1, 0.15) is 5.69 Å². The number of nitrogen functional groups attached to an aromatic ring is 1. The summed E-state index contributed by atoms with van der Waals surface area (Å²) in [4.78, 5) is 23.1. The van der Waals surface area contributed by atoms with E-state index < -0.39 is 11.3 Å². The molecule has 0 aliphatic heterocycles. The first-order valence-corrected chi connectivity index (χ1v) is 5.81. The number of rotatable bonds is 5. The topological polar surface area (TPSA) is 103 Å². The zero-order valence-corrected chi connectivity index (χ0v) is 11.0. The van der Waals surface area contributed by atoms with E-state index in [0.29, 0.717) is 17.9 Å². The molecule has 0 aliphatic rings. The Morgan fingerprint density at radius 2 is 2.06 bits per heavy atom. The second-order valence-electron chi connectivity index (χ2n) is 4.88. The Balaban J connectivity index is 2.74. The van der Waals surface area contributed by atoms with Crippen molar-refractivity contribution in [3.8, 4) is 0 Å². The zero-order valence-electron chi connectivity index (χ0n) is 11.0. The minimum absolute atomic E-state index is 0.190. The molecule has 0 unspecified atom stereocenters. The molecular formula is C12H20N4O2. The van der Waals surface area contributed by atoms with Crippen molar-refractivity contribution >= 4 is 17.5 Å². The van der Waals surface area contributed by atoms with Crippen molar-refractivity contribution in [2.75, 3.05) is 12.3 Å². The summed E-state index contributed by atoms with van der Waals surface area (Å²) < 4.78 is 1.75. The maximum atomic E-state index is 12.0. The Kier molecular flexibility index (Phi) is 4.00. The summed E-state index contributed by atoms with van der Waals surface area (Å²) in [5.41, 5.74) is 11.1. The fourth-order valence-electron chi connectivity index (χ4n) is 1.46. The molecule has 0 fully saturated rings. The van der Waals surface area contributed by atoms with Crippen LogP contribution in [0, 0.1) is 5.41 Å². The lowest BCUT2D eigenvalue weighted by atomic mass is 9.93. The maximum Gasteiger partial charge on any atom is 0.268 e. The molecule has 0 saturated carbocycles.